The van der Waals surface area contributed by atoms with Gasteiger partial charge in [-0.2, -0.15) is 0 Å². The second-order valence-electron chi connectivity index (χ2n) is 7.74. The van der Waals surface area contributed by atoms with Crippen LogP contribution in [-0.2, 0) is 10.2 Å². The minimum Gasteiger partial charge on any atom is -0.367 e. The van der Waals surface area contributed by atoms with E-state index in [0.29, 0.717) is 5.82 Å². The van der Waals surface area contributed by atoms with Crippen LogP contribution in [0.3, 0.4) is 0 Å². The number of carbonyl (C=O) groups is 1. The highest BCUT2D eigenvalue weighted by atomic mass is 16.2. The van der Waals surface area contributed by atoms with Crippen LogP contribution in [0.5, 0.6) is 0 Å². The molecule has 1 aliphatic carbocycles. The third kappa shape index (κ3) is 2.45. The van der Waals surface area contributed by atoms with E-state index < -0.39 is 5.41 Å². The van der Waals surface area contributed by atoms with E-state index in [1.807, 2.05) is 43.0 Å². The van der Waals surface area contributed by atoms with Gasteiger partial charge in [0, 0.05) is 36.1 Å². The molecule has 1 saturated carbocycles. The predicted molar refractivity (Wildman–Crippen MR) is 103 cm³/mol. The van der Waals surface area contributed by atoms with Gasteiger partial charge in [0.05, 0.1) is 11.1 Å². The highest BCUT2D eigenvalue weighted by molar-refractivity contribution is 6.06. The molecule has 1 aliphatic heterocycles. The zero-order valence-electron chi connectivity index (χ0n) is 15.3. The number of fused-ring (bicyclic) bond motifs is 2. The summed E-state index contributed by atoms with van der Waals surface area (Å²) in [4.78, 5) is 32.5. The van der Waals surface area contributed by atoms with Gasteiger partial charge in [-0.05, 0) is 51.0 Å². The maximum absolute atomic E-state index is 12.9. The van der Waals surface area contributed by atoms with Crippen molar-refractivity contribution < 1.29 is 4.79 Å². The lowest BCUT2D eigenvalue weighted by molar-refractivity contribution is -0.123. The molecule has 3 aromatic heterocycles. The highest BCUT2D eigenvalue weighted by Crippen LogP contribution is 2.43. The van der Waals surface area contributed by atoms with Crippen molar-refractivity contribution in [1.82, 2.24) is 19.9 Å². The Labute approximate surface area is 156 Å². The van der Waals surface area contributed by atoms with Gasteiger partial charge in [-0.3, -0.25) is 14.7 Å². The average molecular weight is 360 g/mol. The Morgan fingerprint density at radius 1 is 1.07 bits per heavy atom. The van der Waals surface area contributed by atoms with Gasteiger partial charge in [-0.1, -0.05) is 0 Å². The summed E-state index contributed by atoms with van der Waals surface area (Å²) in [5.41, 5.74) is 0.890. The van der Waals surface area contributed by atoms with E-state index in [-0.39, 0.29) is 18.0 Å². The molecule has 0 unspecified atom stereocenters. The average Bonchev–Trinajstić information content (AvgIpc) is 2.85. The van der Waals surface area contributed by atoms with Crippen LogP contribution in [-0.4, -0.2) is 37.9 Å². The molecule has 136 valence electrons. The zero-order valence-corrected chi connectivity index (χ0v) is 15.3. The van der Waals surface area contributed by atoms with Crippen molar-refractivity contribution in [3.8, 4) is 0 Å². The third-order valence-corrected chi connectivity index (χ3v) is 5.55. The summed E-state index contributed by atoms with van der Waals surface area (Å²) in [5, 5.41) is 4.48. The monoisotopic (exact) mass is 360 g/mol. The number of pyridine rings is 2. The van der Waals surface area contributed by atoms with Gasteiger partial charge in [-0.25, -0.2) is 15.0 Å². The summed E-state index contributed by atoms with van der Waals surface area (Å²) < 4.78 is 0. The van der Waals surface area contributed by atoms with Gasteiger partial charge in [0.2, 0.25) is 5.91 Å². The molecule has 4 heterocycles. The fourth-order valence-corrected chi connectivity index (χ4v) is 3.94. The maximum atomic E-state index is 12.9. The van der Waals surface area contributed by atoms with E-state index in [2.05, 4.69) is 25.3 Å². The van der Waals surface area contributed by atoms with E-state index in [0.717, 1.165) is 35.4 Å². The van der Waals surface area contributed by atoms with E-state index in [4.69, 9.17) is 0 Å². The Kier molecular flexibility index (Phi) is 3.40. The van der Waals surface area contributed by atoms with Crippen LogP contribution in [0.2, 0.25) is 0 Å². The minimum absolute atomic E-state index is 0.0835. The summed E-state index contributed by atoms with van der Waals surface area (Å²) in [6.07, 6.45) is 6.78. The molecule has 1 fully saturated rings. The van der Waals surface area contributed by atoms with Gasteiger partial charge in [0.15, 0.2) is 11.5 Å². The lowest BCUT2D eigenvalue weighted by Gasteiger charge is -2.41. The van der Waals surface area contributed by atoms with E-state index in [1.165, 1.54) is 0 Å². The van der Waals surface area contributed by atoms with Crippen molar-refractivity contribution >= 4 is 28.6 Å². The van der Waals surface area contributed by atoms with Crippen LogP contribution in [0.25, 0.3) is 11.0 Å². The fourth-order valence-electron chi connectivity index (χ4n) is 3.94. The Balaban J connectivity index is 1.31. The molecule has 0 bridgehead atoms. The first-order chi connectivity index (χ1) is 13.0. The smallest absolute Gasteiger partial charge is 0.240 e. The number of hydrogen-bond donors (Lipinski definition) is 1. The van der Waals surface area contributed by atoms with Crippen molar-refractivity contribution in [2.75, 3.05) is 10.2 Å². The molecule has 1 N–H and O–H groups in total. The molecule has 1 amide bonds. The fraction of sp³-hybridized carbons (Fsp3) is 0.350. The molecule has 3 aromatic rings. The topological polar surface area (TPSA) is 83.9 Å². The van der Waals surface area contributed by atoms with E-state index in [9.17, 15) is 4.79 Å². The largest absolute Gasteiger partial charge is 0.367 e. The molecule has 7 heteroatoms. The van der Waals surface area contributed by atoms with E-state index >= 15 is 0 Å². The lowest BCUT2D eigenvalue weighted by Crippen LogP contribution is -2.53. The molecule has 7 nitrogen and oxygen atoms in total. The summed E-state index contributed by atoms with van der Waals surface area (Å²) in [5.74, 6) is 1.61. The molecule has 0 saturated heterocycles. The number of hydrogen-bond acceptors (Lipinski definition) is 6. The second kappa shape index (κ2) is 5.70. The molecular formula is C20H20N6O. The van der Waals surface area contributed by atoms with Crippen LogP contribution >= 0.6 is 0 Å². The van der Waals surface area contributed by atoms with Gasteiger partial charge in [0.25, 0.3) is 0 Å². The molecule has 0 radical (unpaired) electrons. The first kappa shape index (κ1) is 16.1. The minimum atomic E-state index is -0.617. The summed E-state index contributed by atoms with van der Waals surface area (Å²) in [7, 11) is 0. The number of aromatic nitrogens is 4. The van der Waals surface area contributed by atoms with Crippen LogP contribution < -0.4 is 10.2 Å². The SMILES string of the molecule is CC1(C)C(=O)N([C@H]2C[C@H](Nc3ccc4cccnc4n3)C2)c2nccnc21. The van der Waals surface area contributed by atoms with Crippen LogP contribution in [0.4, 0.5) is 11.6 Å². The zero-order chi connectivity index (χ0) is 18.6. The van der Waals surface area contributed by atoms with Crippen molar-refractivity contribution in [1.29, 1.82) is 0 Å². The maximum Gasteiger partial charge on any atom is 0.240 e. The number of amides is 1. The Morgan fingerprint density at radius 3 is 2.74 bits per heavy atom. The number of rotatable bonds is 3. The quantitative estimate of drug-likeness (QED) is 0.773. The third-order valence-electron chi connectivity index (χ3n) is 5.55. The van der Waals surface area contributed by atoms with Crippen molar-refractivity contribution in [2.24, 2.45) is 0 Å². The molecule has 0 atom stereocenters. The summed E-state index contributed by atoms with van der Waals surface area (Å²) >= 11 is 0. The van der Waals surface area contributed by atoms with E-state index in [1.54, 1.807) is 18.6 Å². The van der Waals surface area contributed by atoms with Gasteiger partial charge in [-0.15, -0.1) is 0 Å². The number of nitrogens with zero attached hydrogens (tertiary/aromatic N) is 5. The number of carbonyl (C=O) groups excluding carboxylic acids is 1. The van der Waals surface area contributed by atoms with Crippen molar-refractivity contribution in [3.05, 3.63) is 48.5 Å². The lowest BCUT2D eigenvalue weighted by atomic mass is 9.84. The molecule has 2 aliphatic rings. The highest BCUT2D eigenvalue weighted by Gasteiger charge is 2.51. The molecule has 0 spiro atoms. The van der Waals surface area contributed by atoms with Crippen molar-refractivity contribution in [3.63, 3.8) is 0 Å². The first-order valence-corrected chi connectivity index (χ1v) is 9.17. The molecule has 27 heavy (non-hydrogen) atoms. The van der Waals surface area contributed by atoms with Gasteiger partial charge >= 0.3 is 0 Å². The first-order valence-electron chi connectivity index (χ1n) is 9.17. The van der Waals surface area contributed by atoms with Crippen LogP contribution in [0, 0.1) is 0 Å². The van der Waals surface area contributed by atoms with Crippen molar-refractivity contribution in [2.45, 2.75) is 44.2 Å². The summed E-state index contributed by atoms with van der Waals surface area (Å²) in [6, 6.07) is 8.32. The second-order valence-corrected chi connectivity index (χ2v) is 7.74. The Hall–Kier alpha value is -3.09. The predicted octanol–water partition coefficient (Wildman–Crippen LogP) is 2.69. The van der Waals surface area contributed by atoms with Crippen LogP contribution in [0.15, 0.2) is 42.9 Å². The molecular weight excluding hydrogens is 340 g/mol. The van der Waals surface area contributed by atoms with Gasteiger partial charge < -0.3 is 5.32 Å². The number of nitrogens with one attached hydrogen (secondary N) is 1. The normalized spacial score (nSPS) is 23.2. The number of anilines is 2. The standard InChI is InChI=1S/C20H20N6O/c1-20(2)16-18(23-9-8-21-16)26(19(20)27)14-10-13(11-14)24-15-6-5-12-4-3-7-22-17(12)25-15/h3-9,13-14H,10-11H2,1-2H3,(H,22,24,25)/t13-,14-. The van der Waals surface area contributed by atoms with Gasteiger partial charge in [0.1, 0.15) is 5.82 Å². The summed E-state index contributed by atoms with van der Waals surface area (Å²) in [6.45, 7) is 3.84. The Bertz CT molecular complexity index is 1040. The van der Waals surface area contributed by atoms with Crippen LogP contribution in [0.1, 0.15) is 32.4 Å². The molecule has 5 rings (SSSR count). The molecule has 0 aromatic carbocycles. The Morgan fingerprint density at radius 2 is 1.89 bits per heavy atom.